The molecule has 2 heterocycles. The van der Waals surface area contributed by atoms with E-state index in [0.29, 0.717) is 12.8 Å². The molecule has 0 unspecified atom stereocenters. The monoisotopic (exact) mass is 523 g/mol. The Hall–Kier alpha value is -2.81. The highest BCUT2D eigenvalue weighted by Gasteiger charge is 2.85. The van der Waals surface area contributed by atoms with Crippen molar-refractivity contribution in [3.63, 3.8) is 0 Å². The fourth-order valence-corrected chi connectivity index (χ4v) is 7.46. The first-order chi connectivity index (χ1) is 17.8. The Bertz CT molecular complexity index is 1210. The summed E-state index contributed by atoms with van der Waals surface area (Å²) < 4.78 is 12.2. The summed E-state index contributed by atoms with van der Waals surface area (Å²) in [6, 6.07) is 9.42. The van der Waals surface area contributed by atoms with Crippen LogP contribution in [0.1, 0.15) is 46.6 Å². The SMILES string of the molecule is CC(=O)O[C@@H]1/C=C/[C@@](C)(O)C(=O)[C@@H](C)C/C=C/[C@H]2[C@H](O)[C@@]3(C)O[C@@]3(C)[C@@H]3[C@H](Cc4ccccc4)NC(=O)[C@@]312. The molecule has 0 aromatic heterocycles. The number of esters is 1. The fraction of sp³-hybridized carbons (Fsp3) is 0.567. The predicted octanol–water partition coefficient (Wildman–Crippen LogP) is 2.27. The van der Waals surface area contributed by atoms with E-state index >= 15 is 0 Å². The van der Waals surface area contributed by atoms with E-state index in [9.17, 15) is 24.6 Å². The van der Waals surface area contributed by atoms with Gasteiger partial charge in [-0.3, -0.25) is 14.4 Å². The molecule has 1 aromatic carbocycles. The minimum Gasteiger partial charge on any atom is -0.457 e. The average molecular weight is 524 g/mol. The van der Waals surface area contributed by atoms with Crippen LogP contribution in [0.3, 0.4) is 0 Å². The molecule has 1 spiro atoms. The van der Waals surface area contributed by atoms with Gasteiger partial charge in [-0.1, -0.05) is 49.4 Å². The van der Waals surface area contributed by atoms with Crippen LogP contribution in [0.4, 0.5) is 0 Å². The number of Topliss-reactive ketones (excluding diaryl/α,β-unsaturated/α-hetero) is 1. The number of hydrogen-bond acceptors (Lipinski definition) is 7. The minimum absolute atomic E-state index is 0.314. The van der Waals surface area contributed by atoms with Crippen molar-refractivity contribution in [2.75, 3.05) is 0 Å². The molecule has 0 bridgehead atoms. The van der Waals surface area contributed by atoms with Crippen LogP contribution in [0.15, 0.2) is 54.6 Å². The Morgan fingerprint density at radius 1 is 1.13 bits per heavy atom. The molecule has 1 saturated carbocycles. The number of carbonyl (C=O) groups is 3. The number of hydrogen-bond donors (Lipinski definition) is 3. The molecule has 3 fully saturated rings. The number of carbonyl (C=O) groups excluding carboxylic acids is 3. The maximum atomic E-state index is 14.3. The molecule has 2 aliphatic carbocycles. The maximum Gasteiger partial charge on any atom is 0.303 e. The number of ketones is 1. The van der Waals surface area contributed by atoms with Crippen molar-refractivity contribution < 1.29 is 34.1 Å². The summed E-state index contributed by atoms with van der Waals surface area (Å²) in [4.78, 5) is 39.7. The molecule has 2 aliphatic heterocycles. The van der Waals surface area contributed by atoms with Gasteiger partial charge in [0.05, 0.1) is 6.10 Å². The third-order valence-corrected chi connectivity index (χ3v) is 9.48. The van der Waals surface area contributed by atoms with Gasteiger partial charge in [0.25, 0.3) is 0 Å². The lowest BCUT2D eigenvalue weighted by atomic mass is 9.50. The highest BCUT2D eigenvalue weighted by molar-refractivity contribution is 5.91. The normalized spacial score (nSPS) is 47.4. The molecule has 1 amide bonds. The molecule has 8 heteroatoms. The van der Waals surface area contributed by atoms with Crippen LogP contribution in [0.5, 0.6) is 0 Å². The minimum atomic E-state index is -1.84. The van der Waals surface area contributed by atoms with Gasteiger partial charge in [0.1, 0.15) is 28.3 Å². The van der Waals surface area contributed by atoms with Gasteiger partial charge in [-0.05, 0) is 51.3 Å². The quantitative estimate of drug-likeness (QED) is 0.315. The summed E-state index contributed by atoms with van der Waals surface area (Å²) in [6.07, 6.45) is 4.92. The summed E-state index contributed by atoms with van der Waals surface area (Å²) in [6.45, 7) is 8.14. The first-order valence-electron chi connectivity index (χ1n) is 13.3. The Labute approximate surface area is 223 Å². The summed E-state index contributed by atoms with van der Waals surface area (Å²) in [5, 5.41) is 26.0. The first kappa shape index (κ1) is 26.8. The first-order valence-corrected chi connectivity index (χ1v) is 13.3. The fourth-order valence-electron chi connectivity index (χ4n) is 7.46. The van der Waals surface area contributed by atoms with Crippen molar-refractivity contribution in [1.29, 1.82) is 0 Å². The molecular formula is C30H37NO7. The van der Waals surface area contributed by atoms with Gasteiger partial charge in [-0.2, -0.15) is 0 Å². The van der Waals surface area contributed by atoms with Crippen molar-refractivity contribution in [3.8, 4) is 0 Å². The molecule has 5 rings (SSSR count). The van der Waals surface area contributed by atoms with Crippen molar-refractivity contribution in [2.45, 2.75) is 82.5 Å². The highest BCUT2D eigenvalue weighted by Crippen LogP contribution is 2.70. The van der Waals surface area contributed by atoms with Gasteiger partial charge in [-0.15, -0.1) is 0 Å². The Kier molecular flexibility index (Phi) is 6.25. The standard InChI is InChI=1S/C30H37NO7/c1-17-10-9-13-20-25(34)29(5)28(4,38-29)23-21(16-19-11-7-6-8-12-19)31-26(35)30(20,23)22(37-18(2)32)14-15-27(3,36)24(17)33/h6-9,11-15,17,20-23,25,34,36H,10,16H2,1-5H3,(H,31,35)/b13-9+,15-14+/t17-,20-,21-,22+,23-,25-,27+,28-,29+,30+/m0/s1. The molecule has 8 nitrogen and oxygen atoms in total. The van der Waals surface area contributed by atoms with Gasteiger partial charge in [0.2, 0.25) is 5.91 Å². The van der Waals surface area contributed by atoms with Crippen LogP contribution in [0, 0.1) is 23.2 Å². The van der Waals surface area contributed by atoms with Gasteiger partial charge in [0, 0.05) is 30.7 Å². The number of nitrogens with one attached hydrogen (secondary N) is 1. The Balaban J connectivity index is 1.73. The van der Waals surface area contributed by atoms with Gasteiger partial charge < -0.3 is 25.0 Å². The van der Waals surface area contributed by atoms with Crippen molar-refractivity contribution in [1.82, 2.24) is 5.32 Å². The second-order valence-corrected chi connectivity index (χ2v) is 11.9. The number of amides is 1. The Morgan fingerprint density at radius 3 is 2.47 bits per heavy atom. The van der Waals surface area contributed by atoms with E-state index in [0.717, 1.165) is 5.56 Å². The second-order valence-electron chi connectivity index (χ2n) is 11.9. The van der Waals surface area contributed by atoms with E-state index in [2.05, 4.69) is 5.32 Å². The van der Waals surface area contributed by atoms with Crippen LogP contribution >= 0.6 is 0 Å². The van der Waals surface area contributed by atoms with E-state index in [1.54, 1.807) is 19.1 Å². The zero-order chi connectivity index (χ0) is 27.7. The van der Waals surface area contributed by atoms with E-state index in [1.807, 2.05) is 44.2 Å². The molecule has 1 aromatic rings. The summed E-state index contributed by atoms with van der Waals surface area (Å²) >= 11 is 0. The lowest BCUT2D eigenvalue weighted by molar-refractivity contribution is -0.168. The molecule has 38 heavy (non-hydrogen) atoms. The van der Waals surface area contributed by atoms with Crippen LogP contribution in [0.2, 0.25) is 0 Å². The van der Waals surface area contributed by atoms with Crippen LogP contribution < -0.4 is 5.32 Å². The largest absolute Gasteiger partial charge is 0.457 e. The smallest absolute Gasteiger partial charge is 0.303 e. The number of fused-ring (bicyclic) bond motifs is 2. The lowest BCUT2D eigenvalue weighted by Crippen LogP contribution is -2.65. The average Bonchev–Trinajstić information content (AvgIpc) is 3.32. The van der Waals surface area contributed by atoms with E-state index in [-0.39, 0.29) is 17.7 Å². The third-order valence-electron chi connectivity index (χ3n) is 9.48. The van der Waals surface area contributed by atoms with Crippen molar-refractivity contribution in [2.24, 2.45) is 23.2 Å². The van der Waals surface area contributed by atoms with Crippen molar-refractivity contribution in [3.05, 3.63) is 60.2 Å². The molecule has 204 valence electrons. The highest BCUT2D eigenvalue weighted by atomic mass is 16.6. The number of benzene rings is 1. The molecule has 10 atom stereocenters. The molecular weight excluding hydrogens is 486 g/mol. The molecule has 0 radical (unpaired) electrons. The van der Waals surface area contributed by atoms with E-state index in [4.69, 9.17) is 9.47 Å². The number of aliphatic hydroxyl groups excluding tert-OH is 1. The lowest BCUT2D eigenvalue weighted by Gasteiger charge is -2.51. The molecule has 2 saturated heterocycles. The Morgan fingerprint density at radius 2 is 1.82 bits per heavy atom. The molecule has 4 aliphatic rings. The van der Waals surface area contributed by atoms with Crippen LogP contribution in [-0.4, -0.2) is 62.9 Å². The number of ether oxygens (including phenoxy) is 2. The number of rotatable bonds is 3. The van der Waals surface area contributed by atoms with Gasteiger partial charge >= 0.3 is 5.97 Å². The van der Waals surface area contributed by atoms with Crippen LogP contribution in [-0.2, 0) is 30.3 Å². The van der Waals surface area contributed by atoms with Gasteiger partial charge in [0.15, 0.2) is 5.78 Å². The maximum absolute atomic E-state index is 14.3. The zero-order valence-electron chi connectivity index (χ0n) is 22.5. The predicted molar refractivity (Wildman–Crippen MR) is 139 cm³/mol. The van der Waals surface area contributed by atoms with E-state index in [1.165, 1.54) is 26.0 Å². The number of allylic oxidation sites excluding steroid dienone is 1. The van der Waals surface area contributed by atoms with Crippen molar-refractivity contribution >= 4 is 17.7 Å². The third kappa shape index (κ3) is 3.72. The zero-order valence-corrected chi connectivity index (χ0v) is 22.5. The van der Waals surface area contributed by atoms with Gasteiger partial charge in [-0.25, -0.2) is 0 Å². The summed E-state index contributed by atoms with van der Waals surface area (Å²) in [7, 11) is 0. The molecule has 3 N–H and O–H groups in total. The second kappa shape index (κ2) is 8.86. The topological polar surface area (TPSA) is 125 Å². The van der Waals surface area contributed by atoms with E-state index < -0.39 is 58.1 Å². The summed E-state index contributed by atoms with van der Waals surface area (Å²) in [5.41, 5.74) is -4.08. The van der Waals surface area contributed by atoms with Crippen LogP contribution in [0.25, 0.3) is 0 Å². The number of epoxide rings is 1. The summed E-state index contributed by atoms with van der Waals surface area (Å²) in [5.74, 6) is -3.15. The number of aliphatic hydroxyl groups is 2.